The van der Waals surface area contributed by atoms with E-state index in [0.29, 0.717) is 5.92 Å². The number of hydrogen-bond acceptors (Lipinski definition) is 2. The van der Waals surface area contributed by atoms with Crippen LogP contribution >= 0.6 is 34.4 Å². The van der Waals surface area contributed by atoms with E-state index in [2.05, 4.69) is 86.0 Å². The van der Waals surface area contributed by atoms with Crippen LogP contribution in [0.3, 0.4) is 0 Å². The highest BCUT2D eigenvalue weighted by atomic mass is 127. The Bertz CT molecular complexity index is 479. The minimum absolute atomic E-state index is 0.625. The van der Waals surface area contributed by atoms with Gasteiger partial charge in [-0.15, -0.1) is 0 Å². The molecule has 0 aromatic heterocycles. The lowest BCUT2D eigenvalue weighted by Crippen LogP contribution is -2.39. The Morgan fingerprint density at radius 3 is 2.58 bits per heavy atom. The third kappa shape index (κ3) is 3.89. The van der Waals surface area contributed by atoms with E-state index in [-0.39, 0.29) is 0 Å². The number of quaternary nitrogens is 1. The van der Waals surface area contributed by atoms with Gasteiger partial charge in [-0.05, 0) is 18.2 Å². The van der Waals surface area contributed by atoms with E-state index in [1.807, 2.05) is 11.8 Å². The van der Waals surface area contributed by atoms with Crippen molar-refractivity contribution in [2.75, 3.05) is 44.1 Å². The molecule has 1 atom stereocenters. The SMILES string of the molecule is CN1/C(=C/C(CI)C[N+](C)(C)C)Sc2ccccc21. The van der Waals surface area contributed by atoms with Gasteiger partial charge in [0.1, 0.15) is 0 Å². The largest absolute Gasteiger partial charge is 0.338 e. The summed E-state index contributed by atoms with van der Waals surface area (Å²) >= 11 is 4.39. The first-order chi connectivity index (χ1) is 8.90. The van der Waals surface area contributed by atoms with Gasteiger partial charge in [0, 0.05) is 22.3 Å². The lowest BCUT2D eigenvalue weighted by molar-refractivity contribution is -0.872. The maximum absolute atomic E-state index is 2.50. The molecule has 2 nitrogen and oxygen atoms in total. The molecule has 0 spiro atoms. The number of nitrogens with zero attached hydrogens (tertiary/aromatic N) is 2. The molecule has 0 radical (unpaired) electrons. The van der Waals surface area contributed by atoms with Crippen molar-refractivity contribution in [3.05, 3.63) is 35.4 Å². The maximum Gasteiger partial charge on any atom is 0.0852 e. The quantitative estimate of drug-likeness (QED) is 0.438. The van der Waals surface area contributed by atoms with Gasteiger partial charge < -0.3 is 9.38 Å². The molecule has 0 amide bonds. The van der Waals surface area contributed by atoms with Crippen LogP contribution in [0.5, 0.6) is 0 Å². The summed E-state index contributed by atoms with van der Waals surface area (Å²) in [7, 11) is 8.95. The predicted molar refractivity (Wildman–Crippen MR) is 94.1 cm³/mol. The van der Waals surface area contributed by atoms with Crippen molar-refractivity contribution < 1.29 is 4.48 Å². The highest BCUT2D eigenvalue weighted by Gasteiger charge is 2.24. The van der Waals surface area contributed by atoms with Gasteiger partial charge in [0.25, 0.3) is 0 Å². The monoisotopic (exact) mass is 389 g/mol. The second-order valence-corrected chi connectivity index (χ2v) is 7.96. The van der Waals surface area contributed by atoms with Gasteiger partial charge in [-0.2, -0.15) is 0 Å². The fraction of sp³-hybridized carbons (Fsp3) is 0.467. The molecule has 1 aliphatic heterocycles. The highest BCUT2D eigenvalue weighted by Crippen LogP contribution is 2.45. The van der Waals surface area contributed by atoms with Crippen molar-refractivity contribution in [1.29, 1.82) is 0 Å². The third-order valence-electron chi connectivity index (χ3n) is 3.13. The molecule has 2 rings (SSSR count). The fourth-order valence-corrected chi connectivity index (χ4v) is 4.03. The van der Waals surface area contributed by atoms with Gasteiger partial charge >= 0.3 is 0 Å². The fourth-order valence-electron chi connectivity index (χ4n) is 2.32. The van der Waals surface area contributed by atoms with Crippen molar-refractivity contribution in [2.45, 2.75) is 4.90 Å². The molecule has 4 heteroatoms. The zero-order valence-corrected chi connectivity index (χ0v) is 15.0. The first kappa shape index (κ1) is 15.2. The van der Waals surface area contributed by atoms with Crippen LogP contribution in [0.2, 0.25) is 0 Å². The maximum atomic E-state index is 2.50. The summed E-state index contributed by atoms with van der Waals surface area (Å²) in [6, 6.07) is 8.63. The molecule has 1 aromatic rings. The van der Waals surface area contributed by atoms with E-state index in [4.69, 9.17) is 0 Å². The van der Waals surface area contributed by atoms with Crippen LogP contribution in [0.1, 0.15) is 0 Å². The molecule has 1 heterocycles. The summed E-state index contributed by atoms with van der Waals surface area (Å²) in [5, 5.41) is 1.37. The molecular formula is C15H22IN2S+. The van der Waals surface area contributed by atoms with E-state index >= 15 is 0 Å². The summed E-state index contributed by atoms with van der Waals surface area (Å²) in [5.74, 6) is 0.625. The van der Waals surface area contributed by atoms with Gasteiger partial charge in [0.2, 0.25) is 0 Å². The Hall–Kier alpha value is -0.200. The molecule has 0 fully saturated rings. The Kier molecular flexibility index (Phi) is 4.84. The number of fused-ring (bicyclic) bond motifs is 1. The zero-order chi connectivity index (χ0) is 14.0. The molecule has 0 saturated carbocycles. The Morgan fingerprint density at radius 1 is 1.32 bits per heavy atom. The number of halogens is 1. The molecule has 1 unspecified atom stereocenters. The second kappa shape index (κ2) is 6.06. The second-order valence-electron chi connectivity index (χ2n) is 6.02. The van der Waals surface area contributed by atoms with E-state index in [0.717, 1.165) is 4.48 Å². The minimum Gasteiger partial charge on any atom is -0.338 e. The molecule has 0 N–H and O–H groups in total. The normalized spacial score (nSPS) is 18.8. The van der Waals surface area contributed by atoms with Crippen LogP contribution in [0.25, 0.3) is 0 Å². The van der Waals surface area contributed by atoms with Gasteiger partial charge in [-0.25, -0.2) is 0 Å². The molecule has 1 aromatic carbocycles. The summed E-state index contributed by atoms with van der Waals surface area (Å²) < 4.78 is 2.18. The van der Waals surface area contributed by atoms with Gasteiger partial charge in [0.05, 0.1) is 38.4 Å². The van der Waals surface area contributed by atoms with Crippen molar-refractivity contribution >= 4 is 40.0 Å². The van der Waals surface area contributed by atoms with Crippen LogP contribution in [0.15, 0.2) is 40.3 Å². The lowest BCUT2D eigenvalue weighted by atomic mass is 10.1. The lowest BCUT2D eigenvalue weighted by Gasteiger charge is -2.27. The Labute approximate surface area is 134 Å². The Morgan fingerprint density at radius 2 is 2.00 bits per heavy atom. The number of thioether (sulfide) groups is 1. The highest BCUT2D eigenvalue weighted by molar-refractivity contribution is 14.1. The molecular weight excluding hydrogens is 367 g/mol. The van der Waals surface area contributed by atoms with Crippen molar-refractivity contribution in [1.82, 2.24) is 0 Å². The number of anilines is 1. The zero-order valence-electron chi connectivity index (χ0n) is 12.1. The van der Waals surface area contributed by atoms with Crippen LogP contribution in [-0.4, -0.2) is 43.6 Å². The van der Waals surface area contributed by atoms with Crippen molar-refractivity contribution in [3.63, 3.8) is 0 Å². The van der Waals surface area contributed by atoms with Crippen molar-refractivity contribution in [3.8, 4) is 0 Å². The standard InChI is InChI=1S/C15H22IN2S/c1-17-13-7-5-6-8-14(13)19-15(17)9-12(10-16)11-18(2,3)4/h5-9,12H,10-11H2,1-4H3/q+1/b15-9-. The van der Waals surface area contributed by atoms with E-state index < -0.39 is 0 Å². The third-order valence-corrected chi connectivity index (χ3v) is 5.45. The molecule has 19 heavy (non-hydrogen) atoms. The summed E-state index contributed by atoms with van der Waals surface area (Å²) in [6.07, 6.45) is 2.45. The number of benzene rings is 1. The predicted octanol–water partition coefficient (Wildman–Crippen LogP) is 3.83. The van der Waals surface area contributed by atoms with Gasteiger partial charge in [0.15, 0.2) is 0 Å². The molecule has 0 aliphatic carbocycles. The first-order valence-electron chi connectivity index (χ1n) is 6.49. The topological polar surface area (TPSA) is 3.24 Å². The van der Waals surface area contributed by atoms with Crippen LogP contribution in [0, 0.1) is 5.92 Å². The van der Waals surface area contributed by atoms with Crippen LogP contribution in [0.4, 0.5) is 5.69 Å². The number of alkyl halides is 1. The van der Waals surface area contributed by atoms with Gasteiger partial charge in [-0.1, -0.05) is 46.5 Å². The van der Waals surface area contributed by atoms with Gasteiger partial charge in [-0.3, -0.25) is 0 Å². The smallest absolute Gasteiger partial charge is 0.0852 e. The average molecular weight is 389 g/mol. The van der Waals surface area contributed by atoms with E-state index in [1.165, 1.54) is 26.6 Å². The number of rotatable bonds is 4. The van der Waals surface area contributed by atoms with Crippen LogP contribution < -0.4 is 4.90 Å². The summed E-state index contributed by atoms with van der Waals surface area (Å²) in [5.41, 5.74) is 1.33. The summed E-state index contributed by atoms with van der Waals surface area (Å²) in [6.45, 7) is 1.18. The Balaban J connectivity index is 2.17. The number of hydrogen-bond donors (Lipinski definition) is 0. The van der Waals surface area contributed by atoms with E-state index in [1.54, 1.807) is 0 Å². The molecule has 104 valence electrons. The first-order valence-corrected chi connectivity index (χ1v) is 8.84. The molecule has 0 saturated heterocycles. The van der Waals surface area contributed by atoms with Crippen LogP contribution in [-0.2, 0) is 0 Å². The minimum atomic E-state index is 0.625. The molecule has 0 bridgehead atoms. The molecule has 1 aliphatic rings. The average Bonchev–Trinajstić information content (AvgIpc) is 2.64. The van der Waals surface area contributed by atoms with Crippen molar-refractivity contribution in [2.24, 2.45) is 5.92 Å². The number of para-hydroxylation sites is 1. The summed E-state index contributed by atoms with van der Waals surface area (Å²) in [4.78, 5) is 3.68. The van der Waals surface area contributed by atoms with E-state index in [9.17, 15) is 0 Å².